The Morgan fingerprint density at radius 2 is 1.80 bits per heavy atom. The minimum absolute atomic E-state index is 0.00972. The predicted molar refractivity (Wildman–Crippen MR) is 92.7 cm³/mol. The topological polar surface area (TPSA) is 40.6 Å². The highest BCUT2D eigenvalue weighted by atomic mass is 32.1. The second kappa shape index (κ2) is 7.48. The van der Waals surface area contributed by atoms with Gasteiger partial charge in [0.2, 0.25) is 0 Å². The van der Waals surface area contributed by atoms with E-state index in [1.165, 1.54) is 24.5 Å². The Labute approximate surface area is 147 Å². The van der Waals surface area contributed by atoms with Crippen molar-refractivity contribution in [3.63, 3.8) is 0 Å². The molecule has 0 N–H and O–H groups in total. The van der Waals surface area contributed by atoms with Gasteiger partial charge in [-0.3, -0.25) is 0 Å². The summed E-state index contributed by atoms with van der Waals surface area (Å²) in [6.07, 6.45) is 0. The maximum atomic E-state index is 12.4. The second-order valence-corrected chi connectivity index (χ2v) is 5.87. The number of nitrogens with zero attached hydrogens (tertiary/aromatic N) is 1. The van der Waals surface area contributed by atoms with Crippen LogP contribution in [0.25, 0.3) is 21.8 Å². The molecule has 0 atom stereocenters. The van der Waals surface area contributed by atoms with Crippen molar-refractivity contribution >= 4 is 11.3 Å². The molecule has 0 radical (unpaired) electrons. The van der Waals surface area contributed by atoms with Gasteiger partial charge in [0, 0.05) is 16.5 Å². The van der Waals surface area contributed by atoms with Crippen molar-refractivity contribution < 1.29 is 23.0 Å². The van der Waals surface area contributed by atoms with E-state index in [2.05, 4.69) is 9.72 Å². The van der Waals surface area contributed by atoms with Crippen LogP contribution in [-0.2, 0) is 0 Å². The Hall–Kier alpha value is -2.67. The predicted octanol–water partition coefficient (Wildman–Crippen LogP) is 5.10. The van der Waals surface area contributed by atoms with Gasteiger partial charge in [-0.2, -0.15) is 8.78 Å². The minimum Gasteiger partial charge on any atom is -0.497 e. The Kier molecular flexibility index (Phi) is 5.14. The summed E-state index contributed by atoms with van der Waals surface area (Å²) >= 11 is 1.49. The van der Waals surface area contributed by atoms with Crippen LogP contribution in [0.1, 0.15) is 0 Å². The fourth-order valence-corrected chi connectivity index (χ4v) is 3.14. The van der Waals surface area contributed by atoms with Crippen LogP contribution in [0.15, 0.2) is 47.8 Å². The highest BCUT2D eigenvalue weighted by Gasteiger charge is 2.13. The number of aromatic nitrogens is 1. The maximum absolute atomic E-state index is 12.4. The highest BCUT2D eigenvalue weighted by Crippen LogP contribution is 2.35. The molecule has 0 bridgehead atoms. The summed E-state index contributed by atoms with van der Waals surface area (Å²) in [6.45, 7) is -2.90. The number of hydrogen-bond donors (Lipinski definition) is 0. The van der Waals surface area contributed by atoms with Crippen molar-refractivity contribution in [3.05, 3.63) is 47.8 Å². The van der Waals surface area contributed by atoms with Gasteiger partial charge < -0.3 is 14.2 Å². The van der Waals surface area contributed by atoms with E-state index in [9.17, 15) is 8.78 Å². The van der Waals surface area contributed by atoms with Gasteiger partial charge in [0.05, 0.1) is 19.9 Å². The van der Waals surface area contributed by atoms with E-state index < -0.39 is 6.61 Å². The van der Waals surface area contributed by atoms with Crippen LogP contribution in [0, 0.1) is 0 Å². The summed E-state index contributed by atoms with van der Waals surface area (Å²) < 4.78 is 39.6. The van der Waals surface area contributed by atoms with Crippen molar-refractivity contribution in [2.24, 2.45) is 0 Å². The number of hydrogen-bond acceptors (Lipinski definition) is 5. The van der Waals surface area contributed by atoms with Gasteiger partial charge in [0.1, 0.15) is 10.8 Å². The van der Waals surface area contributed by atoms with Gasteiger partial charge in [-0.1, -0.05) is 12.1 Å². The number of alkyl halides is 2. The summed E-state index contributed by atoms with van der Waals surface area (Å²) in [6, 6.07) is 12.4. The lowest BCUT2D eigenvalue weighted by Crippen LogP contribution is -2.03. The Morgan fingerprint density at radius 1 is 0.960 bits per heavy atom. The van der Waals surface area contributed by atoms with Crippen molar-refractivity contribution in [3.8, 4) is 39.1 Å². The van der Waals surface area contributed by atoms with E-state index in [0.29, 0.717) is 0 Å². The molecular weight excluding hydrogens is 348 g/mol. The number of methoxy groups -OCH3 is 2. The second-order valence-electron chi connectivity index (χ2n) is 5.01. The molecule has 0 amide bonds. The van der Waals surface area contributed by atoms with Gasteiger partial charge in [-0.05, 0) is 30.3 Å². The zero-order valence-electron chi connectivity index (χ0n) is 13.5. The third-order valence-corrected chi connectivity index (χ3v) is 4.39. The van der Waals surface area contributed by atoms with Crippen LogP contribution in [-0.4, -0.2) is 25.8 Å². The maximum Gasteiger partial charge on any atom is 0.387 e. The molecule has 1 aromatic heterocycles. The molecule has 7 heteroatoms. The molecule has 0 aliphatic rings. The Morgan fingerprint density at radius 3 is 2.52 bits per heavy atom. The molecule has 2 aromatic carbocycles. The standard InChI is InChI=1S/C18H15F2NO3S/c1-22-13-5-3-4-12(8-13)17-21-14(10-25-17)11-6-7-15(24-18(19)20)16(9-11)23-2/h3-10,18H,1-2H3. The van der Waals surface area contributed by atoms with Crippen LogP contribution < -0.4 is 14.2 Å². The molecule has 0 unspecified atom stereocenters. The lowest BCUT2D eigenvalue weighted by molar-refractivity contribution is -0.0512. The number of benzene rings is 2. The quantitative estimate of drug-likeness (QED) is 0.611. The Bertz CT molecular complexity index is 867. The van der Waals surface area contributed by atoms with Gasteiger partial charge >= 0.3 is 6.61 Å². The highest BCUT2D eigenvalue weighted by molar-refractivity contribution is 7.13. The summed E-state index contributed by atoms with van der Waals surface area (Å²) in [5.41, 5.74) is 2.42. The van der Waals surface area contributed by atoms with Crippen LogP contribution in [0.2, 0.25) is 0 Å². The first-order valence-electron chi connectivity index (χ1n) is 7.34. The first-order valence-corrected chi connectivity index (χ1v) is 8.22. The fourth-order valence-electron chi connectivity index (χ4n) is 2.32. The number of rotatable bonds is 6. The van der Waals surface area contributed by atoms with Gasteiger partial charge in [0.25, 0.3) is 0 Å². The van der Waals surface area contributed by atoms with E-state index >= 15 is 0 Å². The van der Waals surface area contributed by atoms with Crippen LogP contribution in [0.4, 0.5) is 8.78 Å². The van der Waals surface area contributed by atoms with Crippen LogP contribution in [0.3, 0.4) is 0 Å². The van der Waals surface area contributed by atoms with E-state index in [1.54, 1.807) is 19.2 Å². The molecule has 0 spiro atoms. The summed E-state index contributed by atoms with van der Waals surface area (Å²) in [5.74, 6) is 0.975. The number of thiazole rings is 1. The zero-order chi connectivity index (χ0) is 17.8. The fraction of sp³-hybridized carbons (Fsp3) is 0.167. The lowest BCUT2D eigenvalue weighted by atomic mass is 10.1. The zero-order valence-corrected chi connectivity index (χ0v) is 14.3. The largest absolute Gasteiger partial charge is 0.497 e. The molecule has 0 saturated carbocycles. The summed E-state index contributed by atoms with van der Waals surface area (Å²) in [5, 5.41) is 2.73. The molecule has 4 nitrogen and oxygen atoms in total. The van der Waals surface area contributed by atoms with Crippen molar-refractivity contribution in [1.82, 2.24) is 4.98 Å². The first-order chi connectivity index (χ1) is 12.1. The Balaban J connectivity index is 1.91. The van der Waals surface area contributed by atoms with E-state index in [1.807, 2.05) is 29.6 Å². The smallest absolute Gasteiger partial charge is 0.387 e. The first kappa shape index (κ1) is 17.2. The average molecular weight is 363 g/mol. The lowest BCUT2D eigenvalue weighted by Gasteiger charge is -2.10. The molecule has 0 aliphatic carbocycles. The molecule has 3 aromatic rings. The third kappa shape index (κ3) is 3.88. The molecule has 0 aliphatic heterocycles. The normalized spacial score (nSPS) is 10.8. The monoisotopic (exact) mass is 363 g/mol. The van der Waals surface area contributed by atoms with Gasteiger partial charge in [0.15, 0.2) is 11.5 Å². The van der Waals surface area contributed by atoms with Gasteiger partial charge in [-0.15, -0.1) is 11.3 Å². The molecule has 130 valence electrons. The van der Waals surface area contributed by atoms with E-state index in [4.69, 9.17) is 9.47 Å². The SMILES string of the molecule is COc1cccc(-c2nc(-c3ccc(OC(F)F)c(OC)c3)cs2)c1. The minimum atomic E-state index is -2.90. The molecular formula is C18H15F2NO3S. The molecule has 0 saturated heterocycles. The molecule has 25 heavy (non-hydrogen) atoms. The molecule has 1 heterocycles. The van der Waals surface area contributed by atoms with E-state index in [0.717, 1.165) is 27.6 Å². The van der Waals surface area contributed by atoms with E-state index in [-0.39, 0.29) is 11.5 Å². The van der Waals surface area contributed by atoms with Gasteiger partial charge in [-0.25, -0.2) is 4.98 Å². The van der Waals surface area contributed by atoms with Crippen molar-refractivity contribution in [2.45, 2.75) is 6.61 Å². The summed E-state index contributed by atoms with van der Waals surface area (Å²) in [7, 11) is 3.02. The number of halogens is 2. The average Bonchev–Trinajstić information content (AvgIpc) is 3.12. The third-order valence-electron chi connectivity index (χ3n) is 3.50. The van der Waals surface area contributed by atoms with Crippen molar-refractivity contribution in [1.29, 1.82) is 0 Å². The summed E-state index contributed by atoms with van der Waals surface area (Å²) in [4.78, 5) is 4.61. The van der Waals surface area contributed by atoms with Crippen molar-refractivity contribution in [2.75, 3.05) is 14.2 Å². The van der Waals surface area contributed by atoms with Crippen LogP contribution in [0.5, 0.6) is 17.2 Å². The molecule has 3 rings (SSSR count). The number of ether oxygens (including phenoxy) is 3. The van der Waals surface area contributed by atoms with Crippen LogP contribution >= 0.6 is 11.3 Å². The molecule has 0 fully saturated rings.